The molecule has 1 amide bonds. The van der Waals surface area contributed by atoms with Crippen LogP contribution in [-0.2, 0) is 14.9 Å². The first kappa shape index (κ1) is 18.0. The summed E-state index contributed by atoms with van der Waals surface area (Å²) in [4.78, 5) is 16.7. The number of likely N-dealkylation sites (tertiary alicyclic amines) is 1. The summed E-state index contributed by atoms with van der Waals surface area (Å²) in [6, 6.07) is 8.91. The van der Waals surface area contributed by atoms with Gasteiger partial charge in [0.15, 0.2) is 0 Å². The maximum absolute atomic E-state index is 12.3. The van der Waals surface area contributed by atoms with Crippen LogP contribution in [0.25, 0.3) is 0 Å². The van der Waals surface area contributed by atoms with E-state index in [1.807, 2.05) is 14.1 Å². The Labute approximate surface area is 157 Å². The molecular weight excluding hydrogens is 324 g/mol. The quantitative estimate of drug-likeness (QED) is 0.831. The summed E-state index contributed by atoms with van der Waals surface area (Å²) in [5.74, 6) is 1.36. The molecule has 0 aromatic heterocycles. The third kappa shape index (κ3) is 3.41. The zero-order valence-electron chi connectivity index (χ0n) is 16.2. The lowest BCUT2D eigenvalue weighted by molar-refractivity contribution is -0.129. The lowest BCUT2D eigenvalue weighted by atomic mass is 9.73. The maximum Gasteiger partial charge on any atom is 0.222 e. The monoisotopic (exact) mass is 356 g/mol. The molecule has 0 N–H and O–H groups in total. The summed E-state index contributed by atoms with van der Waals surface area (Å²) in [5, 5.41) is 0. The fraction of sp³-hybridized carbons (Fsp3) is 0.682. The summed E-state index contributed by atoms with van der Waals surface area (Å²) in [6.07, 6.45) is 5.47. The Balaban J connectivity index is 1.46. The number of fused-ring (bicyclic) bond motifs is 2. The molecule has 0 saturated carbocycles. The van der Waals surface area contributed by atoms with Crippen LogP contribution < -0.4 is 0 Å². The smallest absolute Gasteiger partial charge is 0.222 e. The molecule has 2 aliphatic heterocycles. The lowest BCUT2D eigenvalue weighted by Gasteiger charge is -2.41. The topological polar surface area (TPSA) is 32.8 Å². The van der Waals surface area contributed by atoms with Gasteiger partial charge in [0, 0.05) is 33.7 Å². The fourth-order valence-electron chi connectivity index (χ4n) is 5.33. The molecule has 0 bridgehead atoms. The Hall–Kier alpha value is -1.39. The number of nitrogens with zero attached hydrogens (tertiary/aromatic N) is 2. The second-order valence-corrected chi connectivity index (χ2v) is 8.79. The minimum absolute atomic E-state index is 0.250. The molecule has 2 saturated heterocycles. The van der Waals surface area contributed by atoms with E-state index in [-0.39, 0.29) is 11.3 Å². The molecule has 0 radical (unpaired) electrons. The highest BCUT2D eigenvalue weighted by Gasteiger charge is 2.45. The van der Waals surface area contributed by atoms with Gasteiger partial charge in [-0.05, 0) is 67.2 Å². The number of hydrogen-bond donors (Lipinski definition) is 0. The van der Waals surface area contributed by atoms with Gasteiger partial charge in [0.05, 0.1) is 6.61 Å². The van der Waals surface area contributed by atoms with Gasteiger partial charge in [-0.1, -0.05) is 24.3 Å². The molecule has 1 spiro atoms. The molecule has 26 heavy (non-hydrogen) atoms. The molecule has 0 unspecified atom stereocenters. The van der Waals surface area contributed by atoms with Crippen molar-refractivity contribution >= 4 is 5.91 Å². The summed E-state index contributed by atoms with van der Waals surface area (Å²) < 4.78 is 5.55. The number of piperidine rings is 1. The number of carbonyl (C=O) groups excluding carboxylic acids is 1. The van der Waals surface area contributed by atoms with Crippen LogP contribution in [0, 0.1) is 5.92 Å². The van der Waals surface area contributed by atoms with Crippen LogP contribution in [0.3, 0.4) is 0 Å². The zero-order valence-corrected chi connectivity index (χ0v) is 16.2. The van der Waals surface area contributed by atoms with Crippen molar-refractivity contribution in [2.75, 3.05) is 46.9 Å². The first-order chi connectivity index (χ1) is 12.6. The van der Waals surface area contributed by atoms with E-state index in [4.69, 9.17) is 4.74 Å². The zero-order chi connectivity index (χ0) is 18.1. The van der Waals surface area contributed by atoms with Crippen LogP contribution in [0.2, 0.25) is 0 Å². The molecule has 2 heterocycles. The highest BCUT2D eigenvalue weighted by molar-refractivity contribution is 5.77. The van der Waals surface area contributed by atoms with Crippen molar-refractivity contribution in [2.24, 2.45) is 5.92 Å². The van der Waals surface area contributed by atoms with Crippen LogP contribution in [0.5, 0.6) is 0 Å². The van der Waals surface area contributed by atoms with Crippen molar-refractivity contribution in [3.63, 3.8) is 0 Å². The normalized spacial score (nSPS) is 27.6. The highest BCUT2D eigenvalue weighted by atomic mass is 16.5. The van der Waals surface area contributed by atoms with Crippen molar-refractivity contribution in [1.82, 2.24) is 9.80 Å². The highest BCUT2D eigenvalue weighted by Crippen LogP contribution is 2.52. The Morgan fingerprint density at radius 3 is 2.73 bits per heavy atom. The molecule has 1 aromatic carbocycles. The average molecular weight is 357 g/mol. The molecule has 2 atom stereocenters. The lowest BCUT2D eigenvalue weighted by Crippen LogP contribution is -2.43. The third-order valence-electron chi connectivity index (χ3n) is 6.88. The SMILES string of the molecule is CN(C)C(=O)C[C@@H]1CC2(CCN(C[C@@H]3CCOC3)CC2)c2ccccc21. The molecule has 4 rings (SSSR count). The molecular formula is C22H32N2O2. The summed E-state index contributed by atoms with van der Waals surface area (Å²) in [5.41, 5.74) is 3.25. The van der Waals surface area contributed by atoms with Gasteiger partial charge in [-0.15, -0.1) is 0 Å². The summed E-state index contributed by atoms with van der Waals surface area (Å²) in [7, 11) is 3.73. The van der Waals surface area contributed by atoms with E-state index < -0.39 is 0 Å². The molecule has 3 aliphatic rings. The van der Waals surface area contributed by atoms with Crippen molar-refractivity contribution in [1.29, 1.82) is 0 Å². The predicted molar refractivity (Wildman–Crippen MR) is 103 cm³/mol. The van der Waals surface area contributed by atoms with Gasteiger partial charge in [-0.3, -0.25) is 4.79 Å². The molecule has 2 fully saturated rings. The number of hydrogen-bond acceptors (Lipinski definition) is 3. The van der Waals surface area contributed by atoms with Gasteiger partial charge in [-0.25, -0.2) is 0 Å². The van der Waals surface area contributed by atoms with E-state index in [1.165, 1.54) is 50.0 Å². The number of rotatable bonds is 4. The first-order valence-electron chi connectivity index (χ1n) is 10.2. The van der Waals surface area contributed by atoms with Crippen LogP contribution in [0.4, 0.5) is 0 Å². The van der Waals surface area contributed by atoms with Gasteiger partial charge in [0.1, 0.15) is 0 Å². The van der Waals surface area contributed by atoms with Crippen LogP contribution >= 0.6 is 0 Å². The minimum Gasteiger partial charge on any atom is -0.381 e. The summed E-state index contributed by atoms with van der Waals surface area (Å²) in [6.45, 7) is 5.44. The molecule has 4 heteroatoms. The van der Waals surface area contributed by atoms with Gasteiger partial charge >= 0.3 is 0 Å². The number of carbonyl (C=O) groups is 1. The number of ether oxygens (including phenoxy) is 1. The van der Waals surface area contributed by atoms with Gasteiger partial charge in [-0.2, -0.15) is 0 Å². The molecule has 1 aliphatic carbocycles. The maximum atomic E-state index is 12.3. The van der Waals surface area contributed by atoms with E-state index >= 15 is 0 Å². The largest absolute Gasteiger partial charge is 0.381 e. The average Bonchev–Trinajstić information content (AvgIpc) is 3.25. The number of benzene rings is 1. The Kier molecular flexibility index (Phi) is 5.07. The van der Waals surface area contributed by atoms with E-state index in [2.05, 4.69) is 29.2 Å². The third-order valence-corrected chi connectivity index (χ3v) is 6.88. The van der Waals surface area contributed by atoms with Gasteiger partial charge < -0.3 is 14.5 Å². The van der Waals surface area contributed by atoms with Crippen LogP contribution in [0.1, 0.15) is 49.1 Å². The molecule has 142 valence electrons. The Bertz CT molecular complexity index is 643. The molecule has 4 nitrogen and oxygen atoms in total. The Morgan fingerprint density at radius 2 is 2.04 bits per heavy atom. The van der Waals surface area contributed by atoms with Crippen LogP contribution in [0.15, 0.2) is 24.3 Å². The van der Waals surface area contributed by atoms with E-state index in [0.717, 1.165) is 25.6 Å². The predicted octanol–water partition coefficient (Wildman–Crippen LogP) is 3.02. The fourth-order valence-corrected chi connectivity index (χ4v) is 5.33. The standard InChI is InChI=1S/C22H32N2O2/c1-23(2)21(25)13-18-14-22(20-6-4-3-5-19(18)20)8-10-24(11-9-22)15-17-7-12-26-16-17/h3-6,17-18H,7-16H2,1-2H3/t17-,18+/m0/s1. The Morgan fingerprint density at radius 1 is 1.27 bits per heavy atom. The van der Waals surface area contributed by atoms with Crippen molar-refractivity contribution in [3.05, 3.63) is 35.4 Å². The second kappa shape index (κ2) is 7.32. The van der Waals surface area contributed by atoms with E-state index in [1.54, 1.807) is 4.90 Å². The van der Waals surface area contributed by atoms with Crippen molar-refractivity contribution < 1.29 is 9.53 Å². The first-order valence-corrected chi connectivity index (χ1v) is 10.2. The van der Waals surface area contributed by atoms with Gasteiger partial charge in [0.2, 0.25) is 5.91 Å². The minimum atomic E-state index is 0.250. The number of amides is 1. The van der Waals surface area contributed by atoms with E-state index in [0.29, 0.717) is 12.3 Å². The van der Waals surface area contributed by atoms with E-state index in [9.17, 15) is 4.79 Å². The van der Waals surface area contributed by atoms with Gasteiger partial charge in [0.25, 0.3) is 0 Å². The van der Waals surface area contributed by atoms with Crippen LogP contribution in [-0.4, -0.2) is 62.7 Å². The van der Waals surface area contributed by atoms with Crippen molar-refractivity contribution in [2.45, 2.75) is 43.4 Å². The second-order valence-electron chi connectivity index (χ2n) is 8.79. The molecule has 1 aromatic rings. The summed E-state index contributed by atoms with van der Waals surface area (Å²) >= 11 is 0. The van der Waals surface area contributed by atoms with Crippen molar-refractivity contribution in [3.8, 4) is 0 Å².